The Hall–Kier alpha value is -1.76. The van der Waals surface area contributed by atoms with Crippen LogP contribution in [0.1, 0.15) is 7.79 Å². The minimum atomic E-state index is -0.928. The van der Waals surface area contributed by atoms with E-state index in [1.54, 1.807) is 7.05 Å². The molecule has 0 aromatic carbocycles. The zero-order valence-corrected chi connectivity index (χ0v) is 10.5. The molecule has 1 amide bonds. The molecule has 98 valence electrons. The van der Waals surface area contributed by atoms with E-state index in [1.807, 2.05) is 0 Å². The fraction of sp³-hybridized carbons (Fsp3) is 0.500. The van der Waals surface area contributed by atoms with Gasteiger partial charge in [0.15, 0.2) is 0 Å². The molecule has 0 radical (unpaired) electrons. The van der Waals surface area contributed by atoms with Gasteiger partial charge in [-0.25, -0.2) is 9.78 Å². The monoisotopic (exact) mass is 272 g/mol. The van der Waals surface area contributed by atoms with Crippen LogP contribution < -0.4 is 10.8 Å². The zero-order valence-electron chi connectivity index (χ0n) is 10.8. The van der Waals surface area contributed by atoms with Crippen LogP contribution in [-0.2, 0) is 0 Å². The highest BCUT2D eigenvalue weighted by molar-refractivity contribution is 6.30. The number of carbonyl (C=O) groups is 1. The maximum atomic E-state index is 10.8. The molecule has 0 saturated carbocycles. The standard InChI is InChI=1S/C10H14ClN5O2/c1-12-8-7(11)4-13-9(15-8)14-6-2-3-16(5-6)10(17)18/h4,6H,2-3,5H2,1H3,(H,17,18)(H2,12,13,14,15)/t6-/m0/s1/i4D. The molecule has 0 bridgehead atoms. The Labute approximate surface area is 110 Å². The number of carboxylic acid groups (broad SMARTS) is 1. The van der Waals surface area contributed by atoms with E-state index in [1.165, 1.54) is 4.90 Å². The van der Waals surface area contributed by atoms with Gasteiger partial charge in [-0.05, 0) is 6.42 Å². The highest BCUT2D eigenvalue weighted by Gasteiger charge is 2.25. The van der Waals surface area contributed by atoms with Crippen LogP contribution in [0.5, 0.6) is 0 Å². The number of likely N-dealkylation sites (tertiary alicyclic amines) is 1. The van der Waals surface area contributed by atoms with Gasteiger partial charge in [0.1, 0.15) is 10.5 Å². The first kappa shape index (κ1) is 11.3. The van der Waals surface area contributed by atoms with Crippen molar-refractivity contribution in [2.24, 2.45) is 4.99 Å². The number of hydrogen-bond donors (Lipinski definition) is 3. The first-order chi connectivity index (χ1) is 9.01. The Morgan fingerprint density at radius 2 is 2.67 bits per heavy atom. The molecule has 8 heteroatoms. The molecule has 1 atom stereocenters. The molecular weight excluding hydrogens is 258 g/mol. The summed E-state index contributed by atoms with van der Waals surface area (Å²) < 4.78 is 7.62. The summed E-state index contributed by atoms with van der Waals surface area (Å²) >= 11 is 5.86. The molecule has 7 nitrogen and oxygen atoms in total. The second-order valence-electron chi connectivity index (χ2n) is 3.94. The van der Waals surface area contributed by atoms with Gasteiger partial charge in [0.2, 0.25) is 5.95 Å². The lowest BCUT2D eigenvalue weighted by atomic mass is 10.3. The number of anilines is 1. The van der Waals surface area contributed by atoms with Crippen molar-refractivity contribution in [1.29, 1.82) is 0 Å². The molecule has 1 fully saturated rings. The lowest BCUT2D eigenvalue weighted by Crippen LogP contribution is -2.31. The van der Waals surface area contributed by atoms with Crippen LogP contribution >= 0.6 is 11.6 Å². The number of aromatic amines is 1. The second-order valence-corrected chi connectivity index (χ2v) is 4.32. The second kappa shape index (κ2) is 5.26. The summed E-state index contributed by atoms with van der Waals surface area (Å²) in [4.78, 5) is 22.9. The van der Waals surface area contributed by atoms with E-state index in [2.05, 4.69) is 20.3 Å². The molecule has 2 rings (SSSR count). The minimum Gasteiger partial charge on any atom is -0.465 e. The third-order valence-electron chi connectivity index (χ3n) is 2.73. The molecular formula is C10H14ClN5O2. The number of aromatic nitrogens is 2. The number of H-pyrrole nitrogens is 1. The fourth-order valence-corrected chi connectivity index (χ4v) is 1.99. The molecule has 18 heavy (non-hydrogen) atoms. The molecule has 0 aliphatic carbocycles. The van der Waals surface area contributed by atoms with Crippen LogP contribution in [0, 0.1) is 0 Å². The largest absolute Gasteiger partial charge is 0.465 e. The summed E-state index contributed by atoms with van der Waals surface area (Å²) in [5.41, 5.74) is 0.372. The molecule has 3 N–H and O–H groups in total. The van der Waals surface area contributed by atoms with Crippen molar-refractivity contribution in [2.75, 3.05) is 25.5 Å². The van der Waals surface area contributed by atoms with E-state index in [4.69, 9.17) is 18.1 Å². The predicted molar refractivity (Wildman–Crippen MR) is 66.7 cm³/mol. The van der Waals surface area contributed by atoms with Crippen molar-refractivity contribution in [3.63, 3.8) is 0 Å². The van der Waals surface area contributed by atoms with Crippen molar-refractivity contribution in [3.05, 3.63) is 16.7 Å². The summed E-state index contributed by atoms with van der Waals surface area (Å²) in [6.07, 6.45) is -0.310. The third kappa shape index (κ3) is 2.73. The smallest absolute Gasteiger partial charge is 0.407 e. The number of nitrogens with zero attached hydrogens (tertiary/aromatic N) is 3. The van der Waals surface area contributed by atoms with E-state index < -0.39 is 6.09 Å². The Morgan fingerprint density at radius 1 is 1.89 bits per heavy atom. The Bertz CT molecular complexity index is 561. The van der Waals surface area contributed by atoms with Crippen LogP contribution in [0.4, 0.5) is 10.7 Å². The number of hydrogen-bond acceptors (Lipinski definition) is 4. The van der Waals surface area contributed by atoms with Gasteiger partial charge in [-0.1, -0.05) is 11.6 Å². The summed E-state index contributed by atoms with van der Waals surface area (Å²) in [5.74, 6) is 0.368. The molecule has 1 aliphatic rings. The van der Waals surface area contributed by atoms with Crippen molar-refractivity contribution >= 4 is 23.6 Å². The molecule has 1 saturated heterocycles. The quantitative estimate of drug-likeness (QED) is 0.741. The first-order valence-corrected chi connectivity index (χ1v) is 5.82. The number of rotatable bonds is 2. The van der Waals surface area contributed by atoms with Gasteiger partial charge in [0.05, 0.1) is 7.54 Å². The molecule has 1 aliphatic heterocycles. The lowest BCUT2D eigenvalue weighted by molar-refractivity contribution is 0.155. The van der Waals surface area contributed by atoms with Crippen LogP contribution in [0.15, 0.2) is 11.2 Å². The third-order valence-corrected chi connectivity index (χ3v) is 3.00. The van der Waals surface area contributed by atoms with Crippen molar-refractivity contribution < 1.29 is 11.3 Å². The predicted octanol–water partition coefficient (Wildman–Crippen LogP) is 0.758. The van der Waals surface area contributed by atoms with Gasteiger partial charge >= 0.3 is 6.09 Å². The van der Waals surface area contributed by atoms with Crippen molar-refractivity contribution in [2.45, 2.75) is 12.5 Å². The van der Waals surface area contributed by atoms with Gasteiger partial charge in [-0.2, -0.15) is 0 Å². The number of nitrogens with one attached hydrogen (secondary N) is 2. The summed E-state index contributed by atoms with van der Waals surface area (Å²) in [6, 6.07) is -0.0369. The normalized spacial score (nSPS) is 21.0. The minimum absolute atomic E-state index is 0.0369. The summed E-state index contributed by atoms with van der Waals surface area (Å²) in [6.45, 7) is 0.874. The Morgan fingerprint density at radius 3 is 3.28 bits per heavy atom. The lowest BCUT2D eigenvalue weighted by Gasteiger charge is -2.14. The molecule has 1 aromatic heterocycles. The average Bonchev–Trinajstić information content (AvgIpc) is 2.82. The van der Waals surface area contributed by atoms with Crippen LogP contribution in [-0.4, -0.2) is 52.2 Å². The van der Waals surface area contributed by atoms with E-state index >= 15 is 0 Å². The Kier molecular flexibility index (Phi) is 3.31. The maximum absolute atomic E-state index is 10.8. The van der Waals surface area contributed by atoms with Gasteiger partial charge in [-0.3, -0.25) is 4.99 Å². The molecule has 0 unspecified atom stereocenters. The van der Waals surface area contributed by atoms with Crippen molar-refractivity contribution in [3.8, 4) is 0 Å². The van der Waals surface area contributed by atoms with E-state index in [0.717, 1.165) is 0 Å². The molecule has 0 spiro atoms. The zero-order chi connectivity index (χ0) is 14.0. The van der Waals surface area contributed by atoms with Crippen LogP contribution in [0.3, 0.4) is 0 Å². The Balaban J connectivity index is 2.13. The summed E-state index contributed by atoms with van der Waals surface area (Å²) in [7, 11) is 1.56. The molecule has 1 aromatic rings. The van der Waals surface area contributed by atoms with E-state index in [-0.39, 0.29) is 17.2 Å². The maximum Gasteiger partial charge on any atom is 0.407 e. The number of amides is 1. The number of halogens is 1. The van der Waals surface area contributed by atoms with E-state index in [0.29, 0.717) is 30.9 Å². The van der Waals surface area contributed by atoms with E-state index in [9.17, 15) is 4.79 Å². The average molecular weight is 273 g/mol. The van der Waals surface area contributed by atoms with Gasteiger partial charge in [0, 0.05) is 26.2 Å². The highest BCUT2D eigenvalue weighted by atomic mass is 35.5. The van der Waals surface area contributed by atoms with Gasteiger partial charge in [-0.15, -0.1) is 0 Å². The topological polar surface area (TPSA) is 93.6 Å². The molecule has 2 heterocycles. The first-order valence-electron chi connectivity index (χ1n) is 5.95. The fourth-order valence-electron chi connectivity index (χ4n) is 1.82. The van der Waals surface area contributed by atoms with Crippen molar-refractivity contribution in [1.82, 2.24) is 14.9 Å². The highest BCUT2D eigenvalue weighted by Crippen LogP contribution is 2.12. The van der Waals surface area contributed by atoms with Crippen LogP contribution in [0.2, 0.25) is 5.02 Å². The van der Waals surface area contributed by atoms with Gasteiger partial charge in [0.25, 0.3) is 0 Å². The van der Waals surface area contributed by atoms with Crippen LogP contribution in [0.25, 0.3) is 0 Å². The summed E-state index contributed by atoms with van der Waals surface area (Å²) in [5, 5.41) is 12.1. The van der Waals surface area contributed by atoms with Gasteiger partial charge < -0.3 is 20.3 Å². The SMILES string of the molecule is [2H]c1nc(N[C@H]2CCN(C(=O)O)C2)[nH]c(=NC)c1Cl.